The fourth-order valence-corrected chi connectivity index (χ4v) is 5.56. The first-order valence-electron chi connectivity index (χ1n) is 12.1. The van der Waals surface area contributed by atoms with Crippen LogP contribution in [0.3, 0.4) is 0 Å². The van der Waals surface area contributed by atoms with E-state index in [1.807, 2.05) is 18.7 Å². The van der Waals surface area contributed by atoms with Crippen molar-refractivity contribution >= 4 is 23.5 Å². The Morgan fingerprint density at radius 2 is 1.76 bits per heavy atom. The molecule has 0 heterocycles. The highest BCUT2D eigenvalue weighted by molar-refractivity contribution is 8.00. The summed E-state index contributed by atoms with van der Waals surface area (Å²) in [7, 11) is 0. The summed E-state index contributed by atoms with van der Waals surface area (Å²) in [6, 6.07) is 0. The quantitative estimate of drug-likeness (QED) is 0.212. The zero-order valence-electron chi connectivity index (χ0n) is 18.8. The number of ketones is 1. The van der Waals surface area contributed by atoms with E-state index >= 15 is 0 Å². The summed E-state index contributed by atoms with van der Waals surface area (Å²) in [6.07, 6.45) is 15.3. The van der Waals surface area contributed by atoms with E-state index in [2.05, 4.69) is 6.92 Å². The number of aliphatic hydroxyl groups excluding tert-OH is 1. The number of ether oxygens (including phenoxy) is 1. The molecule has 0 amide bonds. The first-order chi connectivity index (χ1) is 14.1. The Hall–Kier alpha value is -0.550. The molecule has 1 N–H and O–H groups in total. The molecule has 3 unspecified atom stereocenters. The van der Waals surface area contributed by atoms with Gasteiger partial charge in [0.25, 0.3) is 0 Å². The van der Waals surface area contributed by atoms with Crippen molar-refractivity contribution < 1.29 is 19.4 Å². The molecular formula is C24H44O4S. The standard InChI is InChI=1S/C24H44O4S/c1-3-5-6-8-11-14-20(25)19-29-23-18-17-22(26)21(23)15-12-9-7-10-13-16-24(27)28-4-2/h20-21,23,25H,3-19H2,1-2H3. The smallest absolute Gasteiger partial charge is 0.305 e. The third-order valence-corrected chi connectivity index (χ3v) is 7.45. The molecule has 1 rings (SSSR count). The topological polar surface area (TPSA) is 63.6 Å². The highest BCUT2D eigenvalue weighted by Crippen LogP contribution is 2.36. The van der Waals surface area contributed by atoms with Crippen molar-refractivity contribution in [3.05, 3.63) is 0 Å². The number of esters is 1. The van der Waals surface area contributed by atoms with Crippen LogP contribution in [0.5, 0.6) is 0 Å². The molecule has 0 aromatic heterocycles. The lowest BCUT2D eigenvalue weighted by Gasteiger charge is -2.20. The summed E-state index contributed by atoms with van der Waals surface area (Å²) >= 11 is 1.83. The monoisotopic (exact) mass is 428 g/mol. The van der Waals surface area contributed by atoms with Crippen LogP contribution in [0.1, 0.15) is 110 Å². The molecule has 170 valence electrons. The molecule has 4 nitrogen and oxygen atoms in total. The second-order valence-corrected chi connectivity index (χ2v) is 9.72. The van der Waals surface area contributed by atoms with Crippen LogP contribution < -0.4 is 0 Å². The third kappa shape index (κ3) is 12.7. The van der Waals surface area contributed by atoms with Crippen molar-refractivity contribution in [2.24, 2.45) is 5.92 Å². The zero-order chi connectivity index (χ0) is 21.3. The number of carbonyl (C=O) groups is 2. The van der Waals surface area contributed by atoms with Crippen LogP contribution in [-0.2, 0) is 14.3 Å². The van der Waals surface area contributed by atoms with Crippen LogP contribution in [-0.4, -0.2) is 40.6 Å². The predicted molar refractivity (Wildman–Crippen MR) is 122 cm³/mol. The maximum atomic E-state index is 12.3. The van der Waals surface area contributed by atoms with Gasteiger partial charge >= 0.3 is 5.97 Å². The second kappa shape index (κ2) is 17.2. The Labute approximate surface area is 182 Å². The summed E-state index contributed by atoms with van der Waals surface area (Å²) in [5.74, 6) is 1.30. The fraction of sp³-hybridized carbons (Fsp3) is 0.917. The number of hydrogen-bond donors (Lipinski definition) is 1. The van der Waals surface area contributed by atoms with Gasteiger partial charge in [-0.1, -0.05) is 64.7 Å². The molecule has 1 aliphatic rings. The molecule has 0 aliphatic heterocycles. The van der Waals surface area contributed by atoms with Crippen LogP contribution >= 0.6 is 11.8 Å². The lowest BCUT2D eigenvalue weighted by Crippen LogP contribution is -2.20. The summed E-state index contributed by atoms with van der Waals surface area (Å²) in [5.41, 5.74) is 0. The van der Waals surface area contributed by atoms with E-state index in [9.17, 15) is 14.7 Å². The van der Waals surface area contributed by atoms with Gasteiger partial charge in [0.05, 0.1) is 12.7 Å². The average Bonchev–Trinajstić information content (AvgIpc) is 3.05. The summed E-state index contributed by atoms with van der Waals surface area (Å²) in [4.78, 5) is 23.6. The number of Topliss-reactive ketones (excluding diaryl/α,β-unsaturated/α-hetero) is 1. The Balaban J connectivity index is 2.11. The maximum absolute atomic E-state index is 12.3. The lowest BCUT2D eigenvalue weighted by atomic mass is 9.98. The number of carbonyl (C=O) groups excluding carboxylic acids is 2. The van der Waals surface area contributed by atoms with Gasteiger partial charge in [-0.2, -0.15) is 11.8 Å². The van der Waals surface area contributed by atoms with Gasteiger partial charge in [-0.15, -0.1) is 0 Å². The largest absolute Gasteiger partial charge is 0.466 e. The first-order valence-corrected chi connectivity index (χ1v) is 13.1. The molecular weight excluding hydrogens is 384 g/mol. The van der Waals surface area contributed by atoms with Gasteiger partial charge in [0, 0.05) is 29.8 Å². The fourth-order valence-electron chi connectivity index (χ4n) is 4.12. The van der Waals surface area contributed by atoms with Gasteiger partial charge in [-0.05, 0) is 32.6 Å². The van der Waals surface area contributed by atoms with E-state index in [1.165, 1.54) is 25.7 Å². The Bertz CT molecular complexity index is 441. The van der Waals surface area contributed by atoms with Crippen molar-refractivity contribution in [3.8, 4) is 0 Å². The molecule has 5 heteroatoms. The minimum Gasteiger partial charge on any atom is -0.466 e. The van der Waals surface area contributed by atoms with Gasteiger partial charge in [-0.3, -0.25) is 9.59 Å². The zero-order valence-corrected chi connectivity index (χ0v) is 19.6. The molecule has 1 saturated carbocycles. The van der Waals surface area contributed by atoms with Gasteiger partial charge in [-0.25, -0.2) is 0 Å². The Morgan fingerprint density at radius 1 is 1.07 bits per heavy atom. The van der Waals surface area contributed by atoms with E-state index in [0.29, 0.717) is 24.1 Å². The molecule has 0 aromatic rings. The molecule has 29 heavy (non-hydrogen) atoms. The summed E-state index contributed by atoms with van der Waals surface area (Å²) < 4.78 is 4.94. The van der Waals surface area contributed by atoms with Crippen LogP contribution in [0, 0.1) is 5.92 Å². The number of hydrogen-bond acceptors (Lipinski definition) is 5. The molecule has 1 fully saturated rings. The number of thioether (sulfide) groups is 1. The molecule has 0 aromatic carbocycles. The van der Waals surface area contributed by atoms with Crippen molar-refractivity contribution in [2.75, 3.05) is 12.4 Å². The molecule has 0 spiro atoms. The van der Waals surface area contributed by atoms with Crippen LogP contribution in [0.4, 0.5) is 0 Å². The number of rotatable bonds is 18. The molecule has 0 saturated heterocycles. The Morgan fingerprint density at radius 3 is 2.52 bits per heavy atom. The molecule has 0 radical (unpaired) electrons. The first kappa shape index (κ1) is 26.5. The SMILES string of the molecule is CCCCCCCC(O)CSC1CCC(=O)C1CCCCCCCC(=O)OCC. The van der Waals surface area contributed by atoms with Crippen LogP contribution in [0.25, 0.3) is 0 Å². The van der Waals surface area contributed by atoms with E-state index < -0.39 is 0 Å². The van der Waals surface area contributed by atoms with Gasteiger partial charge < -0.3 is 9.84 Å². The second-order valence-electron chi connectivity index (χ2n) is 8.45. The van der Waals surface area contributed by atoms with Gasteiger partial charge in [0.15, 0.2) is 0 Å². The highest BCUT2D eigenvalue weighted by Gasteiger charge is 2.34. The van der Waals surface area contributed by atoms with Crippen LogP contribution in [0.15, 0.2) is 0 Å². The lowest BCUT2D eigenvalue weighted by molar-refractivity contribution is -0.143. The van der Waals surface area contributed by atoms with E-state index in [4.69, 9.17) is 4.74 Å². The average molecular weight is 429 g/mol. The van der Waals surface area contributed by atoms with Crippen LogP contribution in [0.2, 0.25) is 0 Å². The maximum Gasteiger partial charge on any atom is 0.305 e. The third-order valence-electron chi connectivity index (χ3n) is 5.88. The van der Waals surface area contributed by atoms with Crippen molar-refractivity contribution in [2.45, 2.75) is 122 Å². The van der Waals surface area contributed by atoms with E-state index in [1.54, 1.807) is 0 Å². The van der Waals surface area contributed by atoms with Gasteiger partial charge in [0.1, 0.15) is 5.78 Å². The summed E-state index contributed by atoms with van der Waals surface area (Å²) in [6.45, 7) is 4.52. The molecule has 3 atom stereocenters. The normalized spacial score (nSPS) is 20.2. The predicted octanol–water partition coefficient (Wildman–Crippen LogP) is 6.08. The minimum absolute atomic E-state index is 0.0907. The van der Waals surface area contributed by atoms with Crippen molar-refractivity contribution in [1.29, 1.82) is 0 Å². The van der Waals surface area contributed by atoms with Crippen molar-refractivity contribution in [3.63, 3.8) is 0 Å². The highest BCUT2D eigenvalue weighted by atomic mass is 32.2. The molecule has 1 aliphatic carbocycles. The number of unbranched alkanes of at least 4 members (excludes halogenated alkanes) is 8. The van der Waals surface area contributed by atoms with E-state index in [-0.39, 0.29) is 18.0 Å². The summed E-state index contributed by atoms with van der Waals surface area (Å²) in [5, 5.41) is 10.7. The van der Waals surface area contributed by atoms with Crippen molar-refractivity contribution in [1.82, 2.24) is 0 Å². The molecule has 0 bridgehead atoms. The number of aliphatic hydroxyl groups is 1. The van der Waals surface area contributed by atoms with E-state index in [0.717, 1.165) is 70.0 Å². The minimum atomic E-state index is -0.225. The van der Waals surface area contributed by atoms with Gasteiger partial charge in [0.2, 0.25) is 0 Å². The Kier molecular flexibility index (Phi) is 15.7.